The minimum absolute atomic E-state index is 0.289. The predicted octanol–water partition coefficient (Wildman–Crippen LogP) is 0.168. The topological polar surface area (TPSA) is 61.4 Å². The van der Waals surface area contributed by atoms with E-state index in [1.54, 1.807) is 0 Å². The Bertz CT molecular complexity index is 245. The van der Waals surface area contributed by atoms with E-state index in [4.69, 9.17) is 5.11 Å². The van der Waals surface area contributed by atoms with Crippen LogP contribution in [0.15, 0.2) is 0 Å². The summed E-state index contributed by atoms with van der Waals surface area (Å²) < 4.78 is 36.1. The molecule has 2 atom stereocenters. The predicted molar refractivity (Wildman–Crippen MR) is 50.7 cm³/mol. The molecule has 4 nitrogen and oxygen atoms in total. The molecule has 0 aromatic rings. The molecule has 0 aromatic heterocycles. The third kappa shape index (κ3) is 3.64. The Balaban J connectivity index is 2.58. The number of rotatable bonds is 2. The van der Waals surface area contributed by atoms with Crippen molar-refractivity contribution in [2.45, 2.75) is 37.5 Å². The summed E-state index contributed by atoms with van der Waals surface area (Å²) in [6.45, 7) is 0.354. The maximum Gasteiger partial charge on any atom is 0.471 e. The standard InChI is InChI=1S/C9H15F3N2O2/c10-9(11,12)8(16)14-6-3-1-2-4-13-7(6)5-15/h6-7,13,15H,1-5H2,(H,14,16)/t6-,7-/m1/s1. The highest BCUT2D eigenvalue weighted by atomic mass is 19.4. The van der Waals surface area contributed by atoms with Crippen LogP contribution in [0.3, 0.4) is 0 Å². The molecule has 0 radical (unpaired) electrons. The highest BCUT2D eigenvalue weighted by Gasteiger charge is 2.40. The summed E-state index contributed by atoms with van der Waals surface area (Å²) in [5.41, 5.74) is 0. The lowest BCUT2D eigenvalue weighted by atomic mass is 10.0. The van der Waals surface area contributed by atoms with Gasteiger partial charge in [-0.15, -0.1) is 0 Å². The SMILES string of the molecule is O=C(N[C@@H]1CCCCN[C@@H]1CO)C(F)(F)F. The van der Waals surface area contributed by atoms with Crippen molar-refractivity contribution in [1.82, 2.24) is 10.6 Å². The van der Waals surface area contributed by atoms with Crippen LogP contribution in [0.4, 0.5) is 13.2 Å². The average Bonchev–Trinajstić information content (AvgIpc) is 2.41. The number of hydrogen-bond acceptors (Lipinski definition) is 3. The Labute approximate surface area is 91.2 Å². The molecule has 1 aliphatic heterocycles. The van der Waals surface area contributed by atoms with Gasteiger partial charge in [0.25, 0.3) is 0 Å². The molecular weight excluding hydrogens is 225 g/mol. The lowest BCUT2D eigenvalue weighted by molar-refractivity contribution is -0.174. The molecule has 0 spiro atoms. The average molecular weight is 240 g/mol. The molecule has 1 amide bonds. The first-order chi connectivity index (χ1) is 7.45. The Morgan fingerprint density at radius 1 is 1.44 bits per heavy atom. The molecule has 0 aromatic carbocycles. The molecule has 0 aliphatic carbocycles. The van der Waals surface area contributed by atoms with Crippen molar-refractivity contribution in [3.05, 3.63) is 0 Å². The van der Waals surface area contributed by atoms with Gasteiger partial charge in [0, 0.05) is 6.04 Å². The highest BCUT2D eigenvalue weighted by molar-refractivity contribution is 5.82. The first kappa shape index (κ1) is 13.2. The molecule has 7 heteroatoms. The zero-order valence-corrected chi connectivity index (χ0v) is 8.68. The molecule has 3 N–H and O–H groups in total. The van der Waals surface area contributed by atoms with Crippen LogP contribution >= 0.6 is 0 Å². The zero-order chi connectivity index (χ0) is 12.2. The molecule has 1 heterocycles. The molecule has 94 valence electrons. The summed E-state index contributed by atoms with van der Waals surface area (Å²) in [5, 5.41) is 13.8. The second-order valence-corrected chi connectivity index (χ2v) is 3.82. The number of carbonyl (C=O) groups is 1. The van der Waals surface area contributed by atoms with Crippen LogP contribution in [-0.2, 0) is 4.79 Å². The Kier molecular flexibility index (Phi) is 4.55. The van der Waals surface area contributed by atoms with E-state index in [0.717, 1.165) is 12.8 Å². The molecule has 0 saturated carbocycles. The Morgan fingerprint density at radius 2 is 2.12 bits per heavy atom. The number of alkyl halides is 3. The quantitative estimate of drug-likeness (QED) is 0.644. The van der Waals surface area contributed by atoms with E-state index in [2.05, 4.69) is 5.32 Å². The molecule has 1 rings (SSSR count). The van der Waals surface area contributed by atoms with Crippen molar-refractivity contribution in [2.75, 3.05) is 13.2 Å². The van der Waals surface area contributed by atoms with Gasteiger partial charge < -0.3 is 15.7 Å². The summed E-state index contributed by atoms with van der Waals surface area (Å²) in [6, 6.07) is -1.17. The maximum absolute atomic E-state index is 12.0. The fourth-order valence-electron chi connectivity index (χ4n) is 1.73. The molecule has 1 aliphatic rings. The van der Waals surface area contributed by atoms with Crippen molar-refractivity contribution in [3.8, 4) is 0 Å². The first-order valence-electron chi connectivity index (χ1n) is 5.17. The van der Waals surface area contributed by atoms with Gasteiger partial charge >= 0.3 is 12.1 Å². The summed E-state index contributed by atoms with van der Waals surface area (Å²) in [4.78, 5) is 10.8. The molecule has 1 saturated heterocycles. The van der Waals surface area contributed by atoms with Crippen LogP contribution in [0.5, 0.6) is 0 Å². The normalized spacial score (nSPS) is 27.2. The molecule has 16 heavy (non-hydrogen) atoms. The van der Waals surface area contributed by atoms with Crippen LogP contribution in [0, 0.1) is 0 Å². The van der Waals surface area contributed by atoms with Crippen LogP contribution < -0.4 is 10.6 Å². The fourth-order valence-corrected chi connectivity index (χ4v) is 1.73. The van der Waals surface area contributed by atoms with Gasteiger partial charge in [0.15, 0.2) is 0 Å². The van der Waals surface area contributed by atoms with E-state index >= 15 is 0 Å². The van der Waals surface area contributed by atoms with Crippen molar-refractivity contribution >= 4 is 5.91 Å². The zero-order valence-electron chi connectivity index (χ0n) is 8.68. The van der Waals surface area contributed by atoms with Crippen molar-refractivity contribution < 1.29 is 23.1 Å². The third-order valence-corrected chi connectivity index (χ3v) is 2.60. The van der Waals surface area contributed by atoms with Gasteiger partial charge in [0.1, 0.15) is 0 Å². The number of carbonyl (C=O) groups excluding carboxylic acids is 1. The second kappa shape index (κ2) is 5.49. The van der Waals surface area contributed by atoms with Crippen LogP contribution in [-0.4, -0.2) is 42.4 Å². The van der Waals surface area contributed by atoms with Crippen molar-refractivity contribution in [1.29, 1.82) is 0 Å². The van der Waals surface area contributed by atoms with E-state index in [1.807, 2.05) is 5.32 Å². The summed E-state index contributed by atoms with van der Waals surface area (Å²) in [5.74, 6) is -1.94. The fraction of sp³-hybridized carbons (Fsp3) is 0.889. The Hall–Kier alpha value is -0.820. The van der Waals surface area contributed by atoms with Gasteiger partial charge in [0.2, 0.25) is 0 Å². The number of halogens is 3. The van der Waals surface area contributed by atoms with Crippen LogP contribution in [0.25, 0.3) is 0 Å². The third-order valence-electron chi connectivity index (χ3n) is 2.60. The molecular formula is C9H15F3N2O2. The van der Waals surface area contributed by atoms with Gasteiger partial charge in [-0.1, -0.05) is 6.42 Å². The maximum atomic E-state index is 12.0. The van der Waals surface area contributed by atoms with E-state index in [1.165, 1.54) is 0 Å². The van der Waals surface area contributed by atoms with E-state index in [9.17, 15) is 18.0 Å². The summed E-state index contributed by atoms with van der Waals surface area (Å²) in [6.07, 6.45) is -2.87. The van der Waals surface area contributed by atoms with E-state index in [0.29, 0.717) is 13.0 Å². The number of hydrogen-bond donors (Lipinski definition) is 3. The van der Waals surface area contributed by atoms with Gasteiger partial charge in [-0.25, -0.2) is 0 Å². The van der Waals surface area contributed by atoms with Gasteiger partial charge in [0.05, 0.1) is 12.6 Å². The smallest absolute Gasteiger partial charge is 0.395 e. The van der Waals surface area contributed by atoms with Crippen LogP contribution in [0.1, 0.15) is 19.3 Å². The highest BCUT2D eigenvalue weighted by Crippen LogP contribution is 2.17. The number of aliphatic hydroxyl groups excluding tert-OH is 1. The molecule has 0 unspecified atom stereocenters. The second-order valence-electron chi connectivity index (χ2n) is 3.82. The summed E-state index contributed by atoms with van der Waals surface area (Å²) in [7, 11) is 0. The minimum Gasteiger partial charge on any atom is -0.395 e. The van der Waals surface area contributed by atoms with Gasteiger partial charge in [-0.2, -0.15) is 13.2 Å². The van der Waals surface area contributed by atoms with Crippen molar-refractivity contribution in [2.24, 2.45) is 0 Å². The van der Waals surface area contributed by atoms with E-state index < -0.39 is 24.2 Å². The summed E-state index contributed by atoms with van der Waals surface area (Å²) >= 11 is 0. The number of nitrogens with one attached hydrogen (secondary N) is 2. The van der Waals surface area contributed by atoms with Gasteiger partial charge in [-0.3, -0.25) is 4.79 Å². The van der Waals surface area contributed by atoms with E-state index in [-0.39, 0.29) is 6.61 Å². The van der Waals surface area contributed by atoms with Gasteiger partial charge in [-0.05, 0) is 19.4 Å². The minimum atomic E-state index is -4.87. The van der Waals surface area contributed by atoms with Crippen LogP contribution in [0.2, 0.25) is 0 Å². The lowest BCUT2D eigenvalue weighted by Gasteiger charge is -2.25. The first-order valence-corrected chi connectivity index (χ1v) is 5.17. The number of amides is 1. The largest absolute Gasteiger partial charge is 0.471 e. The molecule has 0 bridgehead atoms. The molecule has 1 fully saturated rings. The lowest BCUT2D eigenvalue weighted by Crippen LogP contribution is -2.53. The Morgan fingerprint density at radius 3 is 2.69 bits per heavy atom. The van der Waals surface area contributed by atoms with Crippen molar-refractivity contribution in [3.63, 3.8) is 0 Å². The number of aliphatic hydroxyl groups is 1. The monoisotopic (exact) mass is 240 g/mol.